The summed E-state index contributed by atoms with van der Waals surface area (Å²) in [5, 5.41) is 18.8. The molecule has 0 heterocycles. The second-order valence-corrected chi connectivity index (χ2v) is 9.28. The molecule has 1 amide bonds. The van der Waals surface area contributed by atoms with Crippen molar-refractivity contribution < 1.29 is 14.7 Å². The van der Waals surface area contributed by atoms with E-state index in [0.717, 1.165) is 47.0 Å². The zero-order valence-electron chi connectivity index (χ0n) is 21.1. The Morgan fingerprint density at radius 1 is 0.829 bits per heavy atom. The molecule has 3 rings (SSSR count). The number of aliphatic hydroxyl groups is 1. The normalized spacial score (nSPS) is 12.8. The van der Waals surface area contributed by atoms with Crippen molar-refractivity contribution >= 4 is 33.8 Å². The van der Waals surface area contributed by atoms with Crippen molar-refractivity contribution in [1.29, 1.82) is 0 Å². The second-order valence-electron chi connectivity index (χ2n) is 9.28. The second kappa shape index (κ2) is 13.1. The van der Waals surface area contributed by atoms with Crippen LogP contribution in [0.15, 0.2) is 60.7 Å². The van der Waals surface area contributed by atoms with Gasteiger partial charge in [0.1, 0.15) is 5.78 Å². The Labute approximate surface area is 208 Å². The highest BCUT2D eigenvalue weighted by Crippen LogP contribution is 2.32. The fourth-order valence-corrected chi connectivity index (χ4v) is 4.66. The number of hydrogen-bond donors (Lipinski definition) is 3. The summed E-state index contributed by atoms with van der Waals surface area (Å²) >= 11 is 0. The molecule has 3 aromatic carbocycles. The van der Waals surface area contributed by atoms with Gasteiger partial charge in [-0.05, 0) is 49.9 Å². The molecule has 0 fully saturated rings. The first-order valence-electron chi connectivity index (χ1n) is 12.8. The lowest BCUT2D eigenvalue weighted by Crippen LogP contribution is -2.32. The van der Waals surface area contributed by atoms with Crippen LogP contribution >= 0.6 is 0 Å². The van der Waals surface area contributed by atoms with Crippen LogP contribution in [-0.2, 0) is 4.79 Å². The first-order valence-corrected chi connectivity index (χ1v) is 12.8. The van der Waals surface area contributed by atoms with Crippen LogP contribution in [0.5, 0.6) is 0 Å². The van der Waals surface area contributed by atoms with E-state index in [-0.39, 0.29) is 30.3 Å². The highest BCUT2D eigenvalue weighted by atomic mass is 16.3. The van der Waals surface area contributed by atoms with Crippen molar-refractivity contribution in [3.05, 3.63) is 71.8 Å². The van der Waals surface area contributed by atoms with Crippen molar-refractivity contribution in [2.45, 2.75) is 65.3 Å². The van der Waals surface area contributed by atoms with E-state index in [1.165, 1.54) is 0 Å². The van der Waals surface area contributed by atoms with E-state index in [1.807, 2.05) is 74.5 Å². The number of aryl methyl sites for hydroxylation is 1. The number of nitrogens with one attached hydrogen (secondary N) is 2. The number of carbonyl (C=O) groups excluding carboxylic acids is 2. The minimum Gasteiger partial charge on any atom is -0.396 e. The summed E-state index contributed by atoms with van der Waals surface area (Å²) in [6, 6.07) is 19.5. The van der Waals surface area contributed by atoms with Crippen LogP contribution in [0.2, 0.25) is 0 Å². The van der Waals surface area contributed by atoms with Crippen molar-refractivity contribution in [3.8, 4) is 0 Å². The molecule has 3 aromatic rings. The summed E-state index contributed by atoms with van der Waals surface area (Å²) in [6.45, 7) is 6.12. The molecule has 5 heteroatoms. The van der Waals surface area contributed by atoms with Crippen LogP contribution in [0, 0.1) is 12.8 Å². The largest absolute Gasteiger partial charge is 0.396 e. The lowest BCUT2D eigenvalue weighted by Gasteiger charge is -2.28. The number of benzene rings is 3. The third kappa shape index (κ3) is 6.92. The van der Waals surface area contributed by atoms with Gasteiger partial charge in [0.2, 0.25) is 0 Å². The predicted molar refractivity (Wildman–Crippen MR) is 145 cm³/mol. The monoisotopic (exact) mass is 474 g/mol. The molecule has 186 valence electrons. The number of hydrogen-bond acceptors (Lipinski definition) is 4. The molecule has 1 unspecified atom stereocenters. The number of ketones is 1. The van der Waals surface area contributed by atoms with E-state index in [0.29, 0.717) is 24.8 Å². The van der Waals surface area contributed by atoms with E-state index in [1.54, 1.807) is 0 Å². The zero-order chi connectivity index (χ0) is 25.2. The predicted octanol–water partition coefficient (Wildman–Crippen LogP) is 6.74. The number of fused-ring (bicyclic) bond motifs is 1. The summed E-state index contributed by atoms with van der Waals surface area (Å²) < 4.78 is 0. The van der Waals surface area contributed by atoms with Crippen LogP contribution in [0.25, 0.3) is 10.8 Å². The third-order valence-electron chi connectivity index (χ3n) is 6.63. The minimum atomic E-state index is -0.130. The quantitative estimate of drug-likeness (QED) is 0.256. The lowest BCUT2D eigenvalue weighted by molar-refractivity contribution is -0.119. The number of anilines is 2. The molecule has 0 spiro atoms. The maximum atomic E-state index is 12.9. The fourth-order valence-electron chi connectivity index (χ4n) is 4.66. The maximum Gasteiger partial charge on any atom is 0.255 e. The van der Waals surface area contributed by atoms with Gasteiger partial charge in [-0.25, -0.2) is 0 Å². The van der Waals surface area contributed by atoms with Crippen LogP contribution in [0.3, 0.4) is 0 Å². The molecule has 0 aliphatic heterocycles. The average Bonchev–Trinajstić information content (AvgIpc) is 2.86. The summed E-state index contributed by atoms with van der Waals surface area (Å²) in [7, 11) is 0. The minimum absolute atomic E-state index is 0.00467. The molecule has 0 radical (unpaired) electrons. The van der Waals surface area contributed by atoms with Gasteiger partial charge in [-0.15, -0.1) is 0 Å². The van der Waals surface area contributed by atoms with Gasteiger partial charge in [0.15, 0.2) is 0 Å². The lowest BCUT2D eigenvalue weighted by atomic mass is 9.90. The van der Waals surface area contributed by atoms with E-state index in [9.17, 15) is 14.7 Å². The molecular formula is C30H38N2O3. The highest BCUT2D eigenvalue weighted by Gasteiger charge is 2.22. The molecule has 0 aliphatic rings. The molecule has 2 atom stereocenters. The van der Waals surface area contributed by atoms with Crippen LogP contribution in [-0.4, -0.2) is 29.4 Å². The van der Waals surface area contributed by atoms with Gasteiger partial charge in [0.05, 0.1) is 0 Å². The number of Topliss-reactive ketones (excluding diaryl/α,β-unsaturated/α-hetero) is 1. The van der Waals surface area contributed by atoms with Crippen molar-refractivity contribution in [1.82, 2.24) is 0 Å². The summed E-state index contributed by atoms with van der Waals surface area (Å²) in [5.41, 5.74) is 3.31. The summed E-state index contributed by atoms with van der Waals surface area (Å²) in [5.74, 6) is 0.130. The maximum absolute atomic E-state index is 12.9. The number of carbonyl (C=O) groups is 2. The summed E-state index contributed by atoms with van der Waals surface area (Å²) in [6.07, 6.45) is 4.51. The molecule has 5 nitrogen and oxygen atoms in total. The Balaban J connectivity index is 1.85. The topological polar surface area (TPSA) is 78.4 Å². The first kappa shape index (κ1) is 26.4. The standard InChI is InChI=1S/C30H38N2O3/c1-4-10-23(34)17-16-22(20-33)27(11-5-2)31-28-18-19-29(26-15-9-8-14-25(26)28)32-30(35)24-13-7-6-12-21(24)3/h6-9,12-15,18-19,22,27,31,33H,4-5,10-11,16-17,20H2,1-3H3,(H,32,35)/t22-,27?/m0/s1. The highest BCUT2D eigenvalue weighted by molar-refractivity contribution is 6.11. The van der Waals surface area contributed by atoms with E-state index in [4.69, 9.17) is 0 Å². The Hall–Kier alpha value is -3.18. The Morgan fingerprint density at radius 2 is 1.49 bits per heavy atom. The number of aliphatic hydroxyl groups excluding tert-OH is 1. The average molecular weight is 475 g/mol. The molecule has 0 saturated heterocycles. The van der Waals surface area contributed by atoms with Crippen LogP contribution in [0.1, 0.15) is 68.3 Å². The molecule has 3 N–H and O–H groups in total. The summed E-state index contributed by atoms with van der Waals surface area (Å²) in [4.78, 5) is 25.0. The molecule has 0 aliphatic carbocycles. The van der Waals surface area contributed by atoms with E-state index in [2.05, 4.69) is 17.6 Å². The molecule has 0 bridgehead atoms. The number of rotatable bonds is 13. The van der Waals surface area contributed by atoms with E-state index < -0.39 is 0 Å². The van der Waals surface area contributed by atoms with Crippen molar-refractivity contribution in [2.24, 2.45) is 5.92 Å². The van der Waals surface area contributed by atoms with Gasteiger partial charge >= 0.3 is 0 Å². The molecular weight excluding hydrogens is 436 g/mol. The zero-order valence-corrected chi connectivity index (χ0v) is 21.1. The van der Waals surface area contributed by atoms with Crippen molar-refractivity contribution in [2.75, 3.05) is 17.2 Å². The first-order chi connectivity index (χ1) is 17.0. The van der Waals surface area contributed by atoms with Crippen LogP contribution < -0.4 is 10.6 Å². The van der Waals surface area contributed by atoms with Gasteiger partial charge in [0, 0.05) is 59.1 Å². The fraction of sp³-hybridized carbons (Fsp3) is 0.400. The van der Waals surface area contributed by atoms with Crippen LogP contribution in [0.4, 0.5) is 11.4 Å². The van der Waals surface area contributed by atoms with Gasteiger partial charge in [-0.1, -0.05) is 62.7 Å². The molecule has 0 saturated carbocycles. The van der Waals surface area contributed by atoms with Gasteiger partial charge in [-0.2, -0.15) is 0 Å². The van der Waals surface area contributed by atoms with Gasteiger partial charge in [0.25, 0.3) is 5.91 Å². The molecule has 0 aromatic heterocycles. The SMILES string of the molecule is CCCC(=O)CC[C@@H](CO)C(CCC)Nc1ccc(NC(=O)c2ccccc2C)c2ccccc12. The Bertz CT molecular complexity index is 1140. The van der Waals surface area contributed by atoms with Crippen molar-refractivity contribution in [3.63, 3.8) is 0 Å². The molecule has 35 heavy (non-hydrogen) atoms. The van der Waals surface area contributed by atoms with Gasteiger partial charge < -0.3 is 15.7 Å². The Kier molecular flexibility index (Phi) is 9.86. The van der Waals surface area contributed by atoms with E-state index >= 15 is 0 Å². The third-order valence-corrected chi connectivity index (χ3v) is 6.63. The smallest absolute Gasteiger partial charge is 0.255 e. The Morgan fingerprint density at radius 3 is 2.14 bits per heavy atom. The van der Waals surface area contributed by atoms with Gasteiger partial charge in [-0.3, -0.25) is 9.59 Å². The number of amides is 1.